The quantitative estimate of drug-likeness (QED) is 0.779. The number of carbonyl (C=O) groups is 1. The standard InChI is InChI=1S/C15H26N2O3/c1-15(2,3)20-14(18)17-9-7-16(8-10-17)12-5-6-13(11-12)19-4/h11-12H,5-10H2,1-4H3/t12-/m1/s1. The van der Waals surface area contributed by atoms with Crippen LogP contribution < -0.4 is 0 Å². The fraction of sp³-hybridized carbons (Fsp3) is 0.800. The number of hydrogen-bond acceptors (Lipinski definition) is 4. The van der Waals surface area contributed by atoms with E-state index in [0.717, 1.165) is 44.8 Å². The van der Waals surface area contributed by atoms with Crippen LogP contribution in [0.4, 0.5) is 4.79 Å². The Bertz CT molecular complexity index is 379. The summed E-state index contributed by atoms with van der Waals surface area (Å²) in [4.78, 5) is 16.2. The number of rotatable bonds is 2. The van der Waals surface area contributed by atoms with Crippen molar-refractivity contribution in [2.75, 3.05) is 33.3 Å². The van der Waals surface area contributed by atoms with Gasteiger partial charge >= 0.3 is 6.09 Å². The first-order valence-electron chi connectivity index (χ1n) is 7.36. The molecule has 1 fully saturated rings. The second kappa shape index (κ2) is 6.04. The molecule has 1 aliphatic heterocycles. The highest BCUT2D eigenvalue weighted by Crippen LogP contribution is 2.24. The normalized spacial score (nSPS) is 24.5. The Morgan fingerprint density at radius 3 is 2.40 bits per heavy atom. The zero-order chi connectivity index (χ0) is 14.8. The van der Waals surface area contributed by atoms with Gasteiger partial charge in [-0.3, -0.25) is 4.90 Å². The van der Waals surface area contributed by atoms with Crippen LogP contribution in [0.1, 0.15) is 33.6 Å². The van der Waals surface area contributed by atoms with E-state index in [1.807, 2.05) is 20.8 Å². The second-order valence-electron chi connectivity index (χ2n) is 6.45. The van der Waals surface area contributed by atoms with Crippen LogP contribution in [0.3, 0.4) is 0 Å². The van der Waals surface area contributed by atoms with E-state index in [4.69, 9.17) is 9.47 Å². The van der Waals surface area contributed by atoms with Crippen LogP contribution in [0, 0.1) is 0 Å². The monoisotopic (exact) mass is 282 g/mol. The Hall–Kier alpha value is -1.23. The molecule has 1 amide bonds. The molecule has 5 nitrogen and oxygen atoms in total. The molecular formula is C15H26N2O3. The van der Waals surface area contributed by atoms with Gasteiger partial charge in [0.1, 0.15) is 5.60 Å². The topological polar surface area (TPSA) is 42.0 Å². The average molecular weight is 282 g/mol. The Kier molecular flexibility index (Phi) is 4.58. The van der Waals surface area contributed by atoms with Crippen LogP contribution >= 0.6 is 0 Å². The van der Waals surface area contributed by atoms with Gasteiger partial charge in [-0.2, -0.15) is 0 Å². The molecule has 20 heavy (non-hydrogen) atoms. The van der Waals surface area contributed by atoms with Crippen molar-refractivity contribution in [2.24, 2.45) is 0 Å². The lowest BCUT2D eigenvalue weighted by atomic mass is 10.2. The largest absolute Gasteiger partial charge is 0.501 e. The highest BCUT2D eigenvalue weighted by atomic mass is 16.6. The molecule has 5 heteroatoms. The SMILES string of the molecule is COC1=C[C@H](N2CCN(C(=O)OC(C)(C)C)CC2)CC1. The third-order valence-corrected chi connectivity index (χ3v) is 3.76. The number of carbonyl (C=O) groups excluding carboxylic acids is 1. The third kappa shape index (κ3) is 3.88. The van der Waals surface area contributed by atoms with Crippen molar-refractivity contribution >= 4 is 6.09 Å². The molecule has 0 aromatic heterocycles. The Morgan fingerprint density at radius 1 is 1.25 bits per heavy atom. The first-order valence-corrected chi connectivity index (χ1v) is 7.36. The van der Waals surface area contributed by atoms with Crippen LogP contribution in [0.5, 0.6) is 0 Å². The summed E-state index contributed by atoms with van der Waals surface area (Å²) in [5, 5.41) is 0. The van der Waals surface area contributed by atoms with Gasteiger partial charge in [-0.25, -0.2) is 4.79 Å². The van der Waals surface area contributed by atoms with Gasteiger partial charge in [-0.15, -0.1) is 0 Å². The highest BCUT2D eigenvalue weighted by Gasteiger charge is 2.29. The van der Waals surface area contributed by atoms with Gasteiger partial charge in [0, 0.05) is 38.6 Å². The van der Waals surface area contributed by atoms with Crippen molar-refractivity contribution in [3.63, 3.8) is 0 Å². The van der Waals surface area contributed by atoms with Crippen molar-refractivity contribution in [3.8, 4) is 0 Å². The van der Waals surface area contributed by atoms with Gasteiger partial charge < -0.3 is 14.4 Å². The van der Waals surface area contributed by atoms with Crippen LogP contribution in [-0.2, 0) is 9.47 Å². The predicted molar refractivity (Wildman–Crippen MR) is 77.5 cm³/mol. The Balaban J connectivity index is 1.81. The summed E-state index contributed by atoms with van der Waals surface area (Å²) in [6.07, 6.45) is 4.16. The molecule has 0 N–H and O–H groups in total. The number of piperazine rings is 1. The summed E-state index contributed by atoms with van der Waals surface area (Å²) < 4.78 is 10.7. The Labute approximate surface area is 121 Å². The summed E-state index contributed by atoms with van der Waals surface area (Å²) in [6, 6.07) is 0.464. The zero-order valence-electron chi connectivity index (χ0n) is 13.0. The average Bonchev–Trinajstić information content (AvgIpc) is 2.85. The van der Waals surface area contributed by atoms with E-state index in [9.17, 15) is 4.79 Å². The minimum atomic E-state index is -0.421. The van der Waals surface area contributed by atoms with Crippen LogP contribution in [0.2, 0.25) is 0 Å². The second-order valence-corrected chi connectivity index (χ2v) is 6.45. The molecule has 0 bridgehead atoms. The number of hydrogen-bond donors (Lipinski definition) is 0. The van der Waals surface area contributed by atoms with E-state index in [0.29, 0.717) is 6.04 Å². The summed E-state index contributed by atoms with van der Waals surface area (Å²) in [5.74, 6) is 1.09. The molecule has 0 spiro atoms. The van der Waals surface area contributed by atoms with Gasteiger partial charge in [0.2, 0.25) is 0 Å². The Morgan fingerprint density at radius 2 is 1.90 bits per heavy atom. The molecule has 1 aliphatic carbocycles. The molecule has 1 saturated heterocycles. The smallest absolute Gasteiger partial charge is 0.410 e. The molecule has 0 unspecified atom stereocenters. The lowest BCUT2D eigenvalue weighted by Crippen LogP contribution is -2.52. The maximum atomic E-state index is 12.0. The van der Waals surface area contributed by atoms with Crippen molar-refractivity contribution in [1.29, 1.82) is 0 Å². The predicted octanol–water partition coefficient (Wildman–Crippen LogP) is 2.23. The first kappa shape index (κ1) is 15.2. The summed E-state index contributed by atoms with van der Waals surface area (Å²) in [6.45, 7) is 8.97. The molecule has 1 atom stereocenters. The van der Waals surface area contributed by atoms with Gasteiger partial charge in [0.05, 0.1) is 12.9 Å². The van der Waals surface area contributed by atoms with Gasteiger partial charge in [-0.05, 0) is 33.3 Å². The molecule has 0 aromatic carbocycles. The molecule has 0 saturated carbocycles. The van der Waals surface area contributed by atoms with Crippen LogP contribution in [-0.4, -0.2) is 60.8 Å². The lowest BCUT2D eigenvalue weighted by Gasteiger charge is -2.37. The van der Waals surface area contributed by atoms with Crippen molar-refractivity contribution < 1.29 is 14.3 Å². The van der Waals surface area contributed by atoms with Crippen molar-refractivity contribution in [3.05, 3.63) is 11.8 Å². The fourth-order valence-corrected chi connectivity index (χ4v) is 2.69. The highest BCUT2D eigenvalue weighted by molar-refractivity contribution is 5.68. The molecule has 0 radical (unpaired) electrons. The van der Waals surface area contributed by atoms with Crippen LogP contribution in [0.25, 0.3) is 0 Å². The maximum Gasteiger partial charge on any atom is 0.410 e. The van der Waals surface area contributed by atoms with E-state index in [1.165, 1.54) is 0 Å². The van der Waals surface area contributed by atoms with Crippen molar-refractivity contribution in [1.82, 2.24) is 9.80 Å². The number of amides is 1. The van der Waals surface area contributed by atoms with Gasteiger partial charge in [-0.1, -0.05) is 0 Å². The number of allylic oxidation sites excluding steroid dienone is 1. The van der Waals surface area contributed by atoms with E-state index < -0.39 is 5.60 Å². The number of nitrogens with zero attached hydrogens (tertiary/aromatic N) is 2. The number of methoxy groups -OCH3 is 1. The zero-order valence-corrected chi connectivity index (χ0v) is 13.0. The molecule has 1 heterocycles. The molecule has 114 valence electrons. The molecular weight excluding hydrogens is 256 g/mol. The first-order chi connectivity index (χ1) is 9.39. The summed E-state index contributed by atoms with van der Waals surface area (Å²) in [7, 11) is 1.73. The minimum Gasteiger partial charge on any atom is -0.501 e. The molecule has 0 aromatic rings. The fourth-order valence-electron chi connectivity index (χ4n) is 2.69. The van der Waals surface area contributed by atoms with Gasteiger partial charge in [0.25, 0.3) is 0 Å². The van der Waals surface area contributed by atoms with E-state index in [-0.39, 0.29) is 6.09 Å². The van der Waals surface area contributed by atoms with Gasteiger partial charge in [0.15, 0.2) is 0 Å². The van der Waals surface area contributed by atoms with E-state index >= 15 is 0 Å². The summed E-state index contributed by atoms with van der Waals surface area (Å²) >= 11 is 0. The molecule has 2 aliphatic rings. The van der Waals surface area contributed by atoms with E-state index in [2.05, 4.69) is 11.0 Å². The summed E-state index contributed by atoms with van der Waals surface area (Å²) in [5.41, 5.74) is -0.421. The maximum absolute atomic E-state index is 12.0. The van der Waals surface area contributed by atoms with E-state index in [1.54, 1.807) is 12.0 Å². The molecule has 2 rings (SSSR count). The van der Waals surface area contributed by atoms with Crippen LogP contribution in [0.15, 0.2) is 11.8 Å². The minimum absolute atomic E-state index is 0.198. The lowest BCUT2D eigenvalue weighted by molar-refractivity contribution is 0.0123. The third-order valence-electron chi connectivity index (χ3n) is 3.76. The number of ether oxygens (including phenoxy) is 2. The van der Waals surface area contributed by atoms with Crippen molar-refractivity contribution in [2.45, 2.75) is 45.3 Å².